The zero-order chi connectivity index (χ0) is 20.1. The first-order chi connectivity index (χ1) is 13.4. The molecule has 0 amide bonds. The fourth-order valence-corrected chi connectivity index (χ4v) is 3.23. The summed E-state index contributed by atoms with van der Waals surface area (Å²) >= 11 is 0. The van der Waals surface area contributed by atoms with Gasteiger partial charge in [0.1, 0.15) is 17.5 Å². The van der Waals surface area contributed by atoms with E-state index in [2.05, 4.69) is 35.1 Å². The van der Waals surface area contributed by atoms with Crippen molar-refractivity contribution < 1.29 is 9.13 Å². The molecule has 0 N–H and O–H groups in total. The maximum absolute atomic E-state index is 13.8. The molecule has 0 aliphatic carbocycles. The number of hydrogen-bond acceptors (Lipinski definition) is 3. The number of alkyl halides is 1. The third kappa shape index (κ3) is 5.04. The van der Waals surface area contributed by atoms with E-state index < -0.39 is 5.15 Å². The van der Waals surface area contributed by atoms with Crippen LogP contribution < -0.4 is 4.74 Å². The van der Waals surface area contributed by atoms with E-state index in [1.54, 1.807) is 23.2 Å². The molecule has 0 bridgehead atoms. The van der Waals surface area contributed by atoms with Gasteiger partial charge < -0.3 is 4.74 Å². The molecule has 7 heteroatoms. The number of hydrogen-bond donors (Lipinski definition) is 0. The van der Waals surface area contributed by atoms with E-state index >= 15 is 0 Å². The number of nitrogens with zero attached hydrogens (tertiary/aromatic N) is 3. The Labute approximate surface area is 169 Å². The Morgan fingerprint density at radius 3 is 2.79 bits per heavy atom. The second-order valence-electron chi connectivity index (χ2n) is 6.61. The van der Waals surface area contributed by atoms with Gasteiger partial charge in [-0.15, -0.1) is 0 Å². The van der Waals surface area contributed by atoms with Crippen LogP contribution in [0.1, 0.15) is 23.1 Å². The highest BCUT2D eigenvalue weighted by molar-refractivity contribution is 7.39. The molecule has 2 atom stereocenters. The lowest BCUT2D eigenvalue weighted by molar-refractivity contribution is 0.305. The topological polar surface area (TPSA) is 39.9 Å². The van der Waals surface area contributed by atoms with Gasteiger partial charge in [-0.05, 0) is 30.7 Å². The number of aryl methyl sites for hydroxylation is 2. The summed E-state index contributed by atoms with van der Waals surface area (Å²) in [5.41, 5.74) is 4.65. The summed E-state index contributed by atoms with van der Waals surface area (Å²) in [7, 11) is 4.38. The van der Waals surface area contributed by atoms with Gasteiger partial charge in [0.05, 0.1) is 11.4 Å². The normalized spacial score (nSPS) is 11.4. The molecule has 0 saturated heterocycles. The zero-order valence-electron chi connectivity index (χ0n) is 15.8. The van der Waals surface area contributed by atoms with Gasteiger partial charge in [0, 0.05) is 36.5 Å². The average Bonchev–Trinajstić information content (AvgIpc) is 3.13. The van der Waals surface area contributed by atoms with Gasteiger partial charge in [-0.1, -0.05) is 49.3 Å². The number of ether oxygens (including phenoxy) is 1. The predicted octanol–water partition coefficient (Wildman–Crippen LogP) is 5.24. The summed E-state index contributed by atoms with van der Waals surface area (Å²) < 4.78 is 21.7. The number of aromatic nitrogens is 3. The smallest absolute Gasteiger partial charge is 0.137 e. The van der Waals surface area contributed by atoms with Crippen molar-refractivity contribution in [1.82, 2.24) is 14.8 Å². The zero-order valence-corrected chi connectivity index (χ0v) is 18.1. The van der Waals surface area contributed by atoms with Crippen molar-refractivity contribution >= 4 is 24.6 Å². The minimum absolute atomic E-state index is 0.307. The van der Waals surface area contributed by atoms with E-state index in [0.29, 0.717) is 19.6 Å². The molecule has 0 aliphatic rings. The molecule has 3 aromatic rings. The van der Waals surface area contributed by atoms with Crippen LogP contribution in [0.25, 0.3) is 17.5 Å². The molecular formula is C21H24FN3OP2. The minimum Gasteiger partial charge on any atom is -0.488 e. The standard InChI is InChI=1S/C21H24FN3OP2/c1-3-17-15(2)6-4-8-19(17)26-14-16-7-5-11-23-20(16)18-9-12-24-25(18)13-10-21(22,27)28/h3-9,11-12H,1,10,13-14,27-28H2,2H3. The van der Waals surface area contributed by atoms with Crippen LogP contribution in [0.5, 0.6) is 5.75 Å². The van der Waals surface area contributed by atoms with Crippen LogP contribution in [0.4, 0.5) is 4.39 Å². The van der Waals surface area contributed by atoms with E-state index in [9.17, 15) is 4.39 Å². The van der Waals surface area contributed by atoms with Crippen molar-refractivity contribution in [2.75, 3.05) is 0 Å². The summed E-state index contributed by atoms with van der Waals surface area (Å²) in [5, 5.41) is 2.92. The molecule has 3 rings (SSSR count). The molecule has 2 heterocycles. The van der Waals surface area contributed by atoms with Gasteiger partial charge in [0.15, 0.2) is 0 Å². The average molecular weight is 415 g/mol. The number of halogens is 1. The first-order valence-electron chi connectivity index (χ1n) is 8.96. The SMILES string of the molecule is C=Cc1c(C)cccc1OCc1cccnc1-c1ccnn1CCC(F)(P)P. The van der Waals surface area contributed by atoms with E-state index in [4.69, 9.17) is 4.74 Å². The number of rotatable bonds is 8. The van der Waals surface area contributed by atoms with Gasteiger partial charge in [0.25, 0.3) is 0 Å². The quantitative estimate of drug-likeness (QED) is 0.473. The van der Waals surface area contributed by atoms with Gasteiger partial charge in [-0.2, -0.15) is 5.10 Å². The second kappa shape index (κ2) is 8.94. The van der Waals surface area contributed by atoms with E-state index in [-0.39, 0.29) is 0 Å². The highest BCUT2D eigenvalue weighted by atomic mass is 31.1. The number of benzene rings is 1. The Kier molecular flexibility index (Phi) is 6.59. The molecule has 4 nitrogen and oxygen atoms in total. The van der Waals surface area contributed by atoms with Crippen molar-refractivity contribution in [3.63, 3.8) is 0 Å². The van der Waals surface area contributed by atoms with Crippen molar-refractivity contribution in [2.45, 2.75) is 31.6 Å². The molecule has 0 aliphatic heterocycles. The molecule has 0 spiro atoms. The molecule has 0 saturated carbocycles. The van der Waals surface area contributed by atoms with Crippen LogP contribution in [-0.4, -0.2) is 19.9 Å². The highest BCUT2D eigenvalue weighted by Crippen LogP contribution is 2.33. The molecular weight excluding hydrogens is 391 g/mol. The monoisotopic (exact) mass is 415 g/mol. The lowest BCUT2D eigenvalue weighted by Gasteiger charge is -2.16. The first kappa shape index (κ1) is 20.6. The van der Waals surface area contributed by atoms with Crippen LogP contribution in [0.15, 0.2) is 55.4 Å². The van der Waals surface area contributed by atoms with Crippen molar-refractivity contribution in [3.05, 3.63) is 72.1 Å². The fraction of sp³-hybridized carbons (Fsp3) is 0.238. The summed E-state index contributed by atoms with van der Waals surface area (Å²) in [6.07, 6.45) is 5.56. The molecule has 146 valence electrons. The van der Waals surface area contributed by atoms with Crippen molar-refractivity contribution in [1.29, 1.82) is 0 Å². The van der Waals surface area contributed by atoms with Crippen LogP contribution in [0.3, 0.4) is 0 Å². The van der Waals surface area contributed by atoms with Crippen LogP contribution in [0, 0.1) is 6.92 Å². The fourth-order valence-electron chi connectivity index (χ4n) is 2.97. The molecule has 28 heavy (non-hydrogen) atoms. The van der Waals surface area contributed by atoms with Gasteiger partial charge in [-0.25, -0.2) is 4.39 Å². The van der Waals surface area contributed by atoms with Gasteiger partial charge >= 0.3 is 0 Å². The van der Waals surface area contributed by atoms with Crippen molar-refractivity contribution in [3.8, 4) is 17.1 Å². The highest BCUT2D eigenvalue weighted by Gasteiger charge is 2.18. The third-order valence-corrected chi connectivity index (χ3v) is 5.01. The summed E-state index contributed by atoms with van der Waals surface area (Å²) in [5.74, 6) is 0.784. The van der Waals surface area contributed by atoms with Crippen LogP contribution >= 0.6 is 18.5 Å². The lowest BCUT2D eigenvalue weighted by Crippen LogP contribution is -2.11. The first-order valence-corrected chi connectivity index (χ1v) is 10.1. The molecule has 0 fully saturated rings. The minimum atomic E-state index is -1.41. The Hall–Kier alpha value is -2.09. The molecule has 0 radical (unpaired) electrons. The van der Waals surface area contributed by atoms with Crippen molar-refractivity contribution in [2.24, 2.45) is 0 Å². The Balaban J connectivity index is 1.85. The van der Waals surface area contributed by atoms with Gasteiger partial charge in [-0.3, -0.25) is 9.67 Å². The van der Waals surface area contributed by atoms with Crippen LogP contribution in [-0.2, 0) is 13.2 Å². The van der Waals surface area contributed by atoms with Gasteiger partial charge in [0.2, 0.25) is 0 Å². The predicted molar refractivity (Wildman–Crippen MR) is 119 cm³/mol. The maximum Gasteiger partial charge on any atom is 0.137 e. The molecule has 2 unspecified atom stereocenters. The van der Waals surface area contributed by atoms with E-state index in [1.165, 1.54) is 0 Å². The summed E-state index contributed by atoms with van der Waals surface area (Å²) in [6, 6.07) is 11.7. The van der Waals surface area contributed by atoms with E-state index in [1.807, 2.05) is 43.3 Å². The molecule has 2 aromatic heterocycles. The number of pyridine rings is 1. The van der Waals surface area contributed by atoms with E-state index in [0.717, 1.165) is 33.8 Å². The Bertz CT molecular complexity index is 966. The Morgan fingerprint density at radius 2 is 2.04 bits per heavy atom. The molecule has 1 aromatic carbocycles. The lowest BCUT2D eigenvalue weighted by atomic mass is 10.1. The maximum atomic E-state index is 13.8. The Morgan fingerprint density at radius 1 is 1.21 bits per heavy atom. The second-order valence-corrected chi connectivity index (χ2v) is 9.19. The summed E-state index contributed by atoms with van der Waals surface area (Å²) in [6.45, 7) is 6.71. The summed E-state index contributed by atoms with van der Waals surface area (Å²) in [4.78, 5) is 4.53. The largest absolute Gasteiger partial charge is 0.488 e. The third-order valence-electron chi connectivity index (χ3n) is 4.43. The van der Waals surface area contributed by atoms with Crippen LogP contribution in [0.2, 0.25) is 0 Å².